The molecule has 0 saturated carbocycles. The molecule has 25 heavy (non-hydrogen) atoms. The van der Waals surface area contributed by atoms with E-state index >= 15 is 0 Å². The number of methoxy groups -OCH3 is 1. The third kappa shape index (κ3) is 5.69. The Labute approximate surface area is 149 Å². The van der Waals surface area contributed by atoms with Crippen LogP contribution in [-0.4, -0.2) is 64.8 Å². The van der Waals surface area contributed by atoms with Crippen molar-refractivity contribution in [3.63, 3.8) is 0 Å². The van der Waals surface area contributed by atoms with Gasteiger partial charge in [0.1, 0.15) is 5.75 Å². The first kappa shape index (κ1) is 19.7. The molecule has 1 aromatic carbocycles. The molecule has 1 aromatic rings. The lowest BCUT2D eigenvalue weighted by molar-refractivity contribution is -0.122. The lowest BCUT2D eigenvalue weighted by Gasteiger charge is -2.21. The summed E-state index contributed by atoms with van der Waals surface area (Å²) < 4.78 is 35.8. The van der Waals surface area contributed by atoms with Crippen LogP contribution in [0.25, 0.3) is 0 Å². The number of rotatable bonds is 8. The molecule has 0 bridgehead atoms. The molecule has 1 aliphatic rings. The Morgan fingerprint density at radius 3 is 2.80 bits per heavy atom. The van der Waals surface area contributed by atoms with E-state index in [1.807, 2.05) is 24.3 Å². The zero-order valence-electron chi connectivity index (χ0n) is 14.9. The lowest BCUT2D eigenvalue weighted by Crippen LogP contribution is -2.43. The van der Waals surface area contributed by atoms with Crippen LogP contribution in [0.5, 0.6) is 5.75 Å². The summed E-state index contributed by atoms with van der Waals surface area (Å²) in [6.07, 6.45) is 0.925. The Balaban J connectivity index is 1.86. The summed E-state index contributed by atoms with van der Waals surface area (Å²) in [6, 6.07) is 7.32. The van der Waals surface area contributed by atoms with Gasteiger partial charge < -0.3 is 14.8 Å². The van der Waals surface area contributed by atoms with Gasteiger partial charge in [-0.25, -0.2) is 12.7 Å². The highest BCUT2D eigenvalue weighted by Gasteiger charge is 2.33. The second kappa shape index (κ2) is 8.64. The number of aryl methyl sites for hydroxylation is 1. The average molecular weight is 370 g/mol. The second-order valence-corrected chi connectivity index (χ2v) is 8.61. The van der Waals surface area contributed by atoms with Crippen LogP contribution in [-0.2, 0) is 26.0 Å². The predicted molar refractivity (Wildman–Crippen MR) is 95.0 cm³/mol. The van der Waals surface area contributed by atoms with E-state index in [0.717, 1.165) is 11.3 Å². The Morgan fingerprint density at radius 1 is 1.36 bits per heavy atom. The molecule has 1 amide bonds. The summed E-state index contributed by atoms with van der Waals surface area (Å²) in [5, 5.41) is 2.91. The summed E-state index contributed by atoms with van der Waals surface area (Å²) >= 11 is 0. The van der Waals surface area contributed by atoms with Crippen molar-refractivity contribution >= 4 is 15.9 Å². The standard InChI is InChI=1S/C17H26N2O5S/c1-19(2)25(21,22)12-14-10-24-11-16(14)18-17(20)8-7-13-5-4-6-15(9-13)23-3/h4-6,9,14,16H,7-8,10-12H2,1-3H3,(H,18,20)/t14-,16-/m0/s1. The van der Waals surface area contributed by atoms with Gasteiger partial charge in [-0.05, 0) is 24.1 Å². The van der Waals surface area contributed by atoms with Gasteiger partial charge in [0, 0.05) is 26.4 Å². The van der Waals surface area contributed by atoms with Gasteiger partial charge in [0.05, 0.1) is 32.1 Å². The van der Waals surface area contributed by atoms with Crippen molar-refractivity contribution in [3.05, 3.63) is 29.8 Å². The first-order valence-corrected chi connectivity index (χ1v) is 9.83. The Hall–Kier alpha value is -1.64. The molecule has 1 saturated heterocycles. The minimum Gasteiger partial charge on any atom is -0.497 e. The number of hydrogen-bond donors (Lipinski definition) is 1. The van der Waals surface area contributed by atoms with E-state index < -0.39 is 10.0 Å². The molecule has 1 fully saturated rings. The van der Waals surface area contributed by atoms with E-state index in [1.165, 1.54) is 18.4 Å². The molecular formula is C17H26N2O5S. The first-order valence-electron chi connectivity index (χ1n) is 8.22. The number of sulfonamides is 1. The van der Waals surface area contributed by atoms with Gasteiger partial charge in [-0.1, -0.05) is 12.1 Å². The van der Waals surface area contributed by atoms with Crippen molar-refractivity contribution in [3.8, 4) is 5.75 Å². The second-order valence-electron chi connectivity index (χ2n) is 6.38. The van der Waals surface area contributed by atoms with E-state index in [4.69, 9.17) is 9.47 Å². The molecule has 1 N–H and O–H groups in total. The number of amides is 1. The highest BCUT2D eigenvalue weighted by Crippen LogP contribution is 2.18. The smallest absolute Gasteiger partial charge is 0.220 e. The van der Waals surface area contributed by atoms with Crippen molar-refractivity contribution in [2.45, 2.75) is 18.9 Å². The molecule has 0 radical (unpaired) electrons. The zero-order valence-corrected chi connectivity index (χ0v) is 15.7. The molecule has 1 aliphatic heterocycles. The normalized spacial score (nSPS) is 20.6. The molecule has 0 unspecified atom stereocenters. The molecule has 140 valence electrons. The van der Waals surface area contributed by atoms with E-state index in [1.54, 1.807) is 7.11 Å². The molecule has 7 nitrogen and oxygen atoms in total. The highest BCUT2D eigenvalue weighted by atomic mass is 32.2. The van der Waals surface area contributed by atoms with Crippen molar-refractivity contribution in [1.82, 2.24) is 9.62 Å². The fourth-order valence-corrected chi connectivity index (χ4v) is 3.87. The summed E-state index contributed by atoms with van der Waals surface area (Å²) in [5.74, 6) is 0.399. The van der Waals surface area contributed by atoms with Crippen LogP contribution >= 0.6 is 0 Å². The van der Waals surface area contributed by atoms with E-state index in [-0.39, 0.29) is 23.6 Å². The molecule has 8 heteroatoms. The van der Waals surface area contributed by atoms with Crippen LogP contribution in [0.3, 0.4) is 0 Å². The average Bonchev–Trinajstić information content (AvgIpc) is 2.99. The molecule has 2 rings (SSSR count). The van der Waals surface area contributed by atoms with E-state index in [2.05, 4.69) is 5.32 Å². The molecule has 0 aromatic heterocycles. The molecule has 1 heterocycles. The van der Waals surface area contributed by atoms with Crippen LogP contribution in [0, 0.1) is 5.92 Å². The number of ether oxygens (including phenoxy) is 2. The molecule has 0 spiro atoms. The topological polar surface area (TPSA) is 84.9 Å². The van der Waals surface area contributed by atoms with Crippen LogP contribution in [0.4, 0.5) is 0 Å². The summed E-state index contributed by atoms with van der Waals surface area (Å²) in [6.45, 7) is 0.687. The molecule has 2 atom stereocenters. The molecule has 0 aliphatic carbocycles. The monoisotopic (exact) mass is 370 g/mol. The fourth-order valence-electron chi connectivity index (χ4n) is 2.71. The quantitative estimate of drug-likeness (QED) is 0.726. The Morgan fingerprint density at radius 2 is 2.12 bits per heavy atom. The number of carbonyl (C=O) groups excluding carboxylic acids is 1. The summed E-state index contributed by atoms with van der Waals surface area (Å²) in [7, 11) is 1.29. The Kier molecular flexibility index (Phi) is 6.80. The Bertz CT molecular complexity index is 690. The van der Waals surface area contributed by atoms with Gasteiger partial charge in [-0.3, -0.25) is 4.79 Å². The van der Waals surface area contributed by atoms with Crippen LogP contribution < -0.4 is 10.1 Å². The van der Waals surface area contributed by atoms with Gasteiger partial charge in [0.15, 0.2) is 0 Å². The third-order valence-corrected chi connectivity index (χ3v) is 6.26. The third-order valence-electron chi connectivity index (χ3n) is 4.30. The van der Waals surface area contributed by atoms with Gasteiger partial charge in [0.2, 0.25) is 15.9 Å². The van der Waals surface area contributed by atoms with Crippen molar-refractivity contribution in [2.75, 3.05) is 40.2 Å². The highest BCUT2D eigenvalue weighted by molar-refractivity contribution is 7.89. The SMILES string of the molecule is COc1cccc(CCC(=O)N[C@H]2COC[C@H]2CS(=O)(=O)N(C)C)c1. The van der Waals surface area contributed by atoms with Gasteiger partial charge in [-0.15, -0.1) is 0 Å². The van der Waals surface area contributed by atoms with Crippen molar-refractivity contribution in [1.29, 1.82) is 0 Å². The van der Waals surface area contributed by atoms with Crippen LogP contribution in [0.15, 0.2) is 24.3 Å². The maximum Gasteiger partial charge on any atom is 0.220 e. The summed E-state index contributed by atoms with van der Waals surface area (Å²) in [5.41, 5.74) is 1.02. The van der Waals surface area contributed by atoms with Crippen LogP contribution in [0.2, 0.25) is 0 Å². The van der Waals surface area contributed by atoms with Gasteiger partial charge >= 0.3 is 0 Å². The zero-order chi connectivity index (χ0) is 18.4. The predicted octanol–water partition coefficient (Wildman–Crippen LogP) is 0.650. The number of carbonyl (C=O) groups is 1. The maximum absolute atomic E-state index is 12.2. The summed E-state index contributed by atoms with van der Waals surface area (Å²) in [4.78, 5) is 12.2. The molecular weight excluding hydrogens is 344 g/mol. The lowest BCUT2D eigenvalue weighted by atomic mass is 10.1. The largest absolute Gasteiger partial charge is 0.497 e. The minimum atomic E-state index is -3.33. The first-order chi connectivity index (χ1) is 11.8. The van der Waals surface area contributed by atoms with E-state index in [0.29, 0.717) is 26.1 Å². The number of benzene rings is 1. The number of nitrogens with zero attached hydrogens (tertiary/aromatic N) is 1. The van der Waals surface area contributed by atoms with Crippen molar-refractivity contribution < 1.29 is 22.7 Å². The van der Waals surface area contributed by atoms with Gasteiger partial charge in [0.25, 0.3) is 0 Å². The van der Waals surface area contributed by atoms with E-state index in [9.17, 15) is 13.2 Å². The van der Waals surface area contributed by atoms with Crippen molar-refractivity contribution in [2.24, 2.45) is 5.92 Å². The number of nitrogens with one attached hydrogen (secondary N) is 1. The fraction of sp³-hybridized carbons (Fsp3) is 0.588. The van der Waals surface area contributed by atoms with Crippen LogP contribution in [0.1, 0.15) is 12.0 Å². The maximum atomic E-state index is 12.2. The number of hydrogen-bond acceptors (Lipinski definition) is 5. The minimum absolute atomic E-state index is 0.0270. The van der Waals surface area contributed by atoms with Gasteiger partial charge in [-0.2, -0.15) is 0 Å².